The van der Waals surface area contributed by atoms with Gasteiger partial charge in [0.15, 0.2) is 0 Å². The Morgan fingerprint density at radius 3 is 2.62 bits per heavy atom. The number of anilines is 1. The summed E-state index contributed by atoms with van der Waals surface area (Å²) >= 11 is 0. The molecule has 0 aliphatic carbocycles. The van der Waals surface area contributed by atoms with Crippen LogP contribution in [-0.4, -0.2) is 12.1 Å². The summed E-state index contributed by atoms with van der Waals surface area (Å²) < 4.78 is 29.6. The Morgan fingerprint density at radius 1 is 1.54 bits per heavy atom. The van der Waals surface area contributed by atoms with Gasteiger partial charge in [-0.25, -0.2) is 13.8 Å². The summed E-state index contributed by atoms with van der Waals surface area (Å²) in [5.41, 5.74) is 5.51. The fourth-order valence-electron chi connectivity index (χ4n) is 1.07. The van der Waals surface area contributed by atoms with Crippen LogP contribution in [0.3, 0.4) is 0 Å². The number of nitrogens with two attached hydrogens (primary N) is 1. The highest BCUT2D eigenvalue weighted by Crippen LogP contribution is 2.32. The summed E-state index contributed by atoms with van der Waals surface area (Å²) in [4.78, 5) is 3.76. The lowest BCUT2D eigenvalue weighted by atomic mass is 10.1. The van der Waals surface area contributed by atoms with E-state index in [-0.39, 0.29) is 17.1 Å². The lowest BCUT2D eigenvalue weighted by Crippen LogP contribution is -2.03. The number of nitrogens with zero attached hydrogens (tertiary/aromatic N) is 1. The maximum Gasteiger partial charge on any atom is 0.266 e. The molecular formula is C8H10F2N2O. The largest absolute Gasteiger partial charge is 0.480 e. The molecule has 3 nitrogen and oxygen atoms in total. The average molecular weight is 188 g/mol. The van der Waals surface area contributed by atoms with Crippen molar-refractivity contribution in [3.63, 3.8) is 0 Å². The van der Waals surface area contributed by atoms with Crippen molar-refractivity contribution in [2.24, 2.45) is 0 Å². The molecule has 0 spiro atoms. The lowest BCUT2D eigenvalue weighted by Gasteiger charge is -2.10. The number of alkyl halides is 2. The molecule has 5 heteroatoms. The second-order valence-corrected chi connectivity index (χ2v) is 2.58. The van der Waals surface area contributed by atoms with Crippen molar-refractivity contribution in [1.82, 2.24) is 4.98 Å². The van der Waals surface area contributed by atoms with Gasteiger partial charge in [-0.3, -0.25) is 0 Å². The first kappa shape index (κ1) is 9.70. The topological polar surface area (TPSA) is 48.1 Å². The van der Waals surface area contributed by atoms with Gasteiger partial charge in [-0.2, -0.15) is 0 Å². The summed E-state index contributed by atoms with van der Waals surface area (Å²) in [6.45, 7) is 1.53. The van der Waals surface area contributed by atoms with Crippen molar-refractivity contribution in [1.29, 1.82) is 0 Å². The number of methoxy groups -OCH3 is 1. The molecule has 0 radical (unpaired) electrons. The summed E-state index contributed by atoms with van der Waals surface area (Å²) in [5.74, 6) is 0.0425. The Bertz CT molecular complexity index is 315. The van der Waals surface area contributed by atoms with Crippen LogP contribution in [0.5, 0.6) is 5.88 Å². The molecule has 0 amide bonds. The number of halogens is 2. The number of pyridine rings is 1. The Labute approximate surface area is 74.5 Å². The maximum absolute atomic E-state index is 12.4. The van der Waals surface area contributed by atoms with Crippen LogP contribution in [0.15, 0.2) is 6.20 Å². The van der Waals surface area contributed by atoms with E-state index < -0.39 is 6.43 Å². The third-order valence-corrected chi connectivity index (χ3v) is 1.73. The van der Waals surface area contributed by atoms with E-state index in [1.807, 2.05) is 0 Å². The van der Waals surface area contributed by atoms with Crippen molar-refractivity contribution >= 4 is 5.69 Å². The number of hydrogen-bond acceptors (Lipinski definition) is 3. The smallest absolute Gasteiger partial charge is 0.266 e. The van der Waals surface area contributed by atoms with E-state index in [2.05, 4.69) is 4.98 Å². The minimum atomic E-state index is -2.60. The number of aromatic nitrogens is 1. The molecule has 0 aliphatic heterocycles. The molecular weight excluding hydrogens is 178 g/mol. The Kier molecular flexibility index (Phi) is 2.65. The third kappa shape index (κ3) is 1.68. The zero-order chi connectivity index (χ0) is 10.0. The van der Waals surface area contributed by atoms with Gasteiger partial charge in [-0.1, -0.05) is 0 Å². The fourth-order valence-corrected chi connectivity index (χ4v) is 1.07. The molecule has 13 heavy (non-hydrogen) atoms. The fraction of sp³-hybridized carbons (Fsp3) is 0.375. The Morgan fingerprint density at radius 2 is 2.15 bits per heavy atom. The molecule has 1 rings (SSSR count). The predicted octanol–water partition coefficient (Wildman–Crippen LogP) is 1.92. The molecule has 0 aliphatic rings. The minimum Gasteiger partial charge on any atom is -0.480 e. The Balaban J connectivity index is 3.30. The lowest BCUT2D eigenvalue weighted by molar-refractivity contribution is 0.151. The van der Waals surface area contributed by atoms with Crippen LogP contribution in [0.1, 0.15) is 17.6 Å². The number of ether oxygens (including phenoxy) is 1. The van der Waals surface area contributed by atoms with Crippen LogP contribution >= 0.6 is 0 Å². The van der Waals surface area contributed by atoms with Gasteiger partial charge in [0.25, 0.3) is 6.43 Å². The van der Waals surface area contributed by atoms with Crippen LogP contribution in [0.4, 0.5) is 14.5 Å². The Hall–Kier alpha value is -1.39. The minimum absolute atomic E-state index is 0.0425. The van der Waals surface area contributed by atoms with Gasteiger partial charge in [0.2, 0.25) is 5.88 Å². The second-order valence-electron chi connectivity index (χ2n) is 2.58. The number of nitrogen functional groups attached to an aromatic ring is 1. The predicted molar refractivity (Wildman–Crippen MR) is 44.9 cm³/mol. The van der Waals surface area contributed by atoms with Crippen LogP contribution in [-0.2, 0) is 0 Å². The van der Waals surface area contributed by atoms with Crippen molar-refractivity contribution in [3.8, 4) is 5.88 Å². The molecule has 1 aromatic rings. The second kappa shape index (κ2) is 3.55. The van der Waals surface area contributed by atoms with E-state index in [4.69, 9.17) is 10.5 Å². The molecule has 0 saturated carbocycles. The van der Waals surface area contributed by atoms with E-state index in [1.54, 1.807) is 0 Å². The van der Waals surface area contributed by atoms with Gasteiger partial charge in [-0.05, 0) is 12.5 Å². The van der Waals surface area contributed by atoms with Gasteiger partial charge in [0.1, 0.15) is 5.69 Å². The van der Waals surface area contributed by atoms with Crippen molar-refractivity contribution in [2.75, 3.05) is 12.8 Å². The molecule has 0 aromatic carbocycles. The molecule has 2 N–H and O–H groups in total. The quantitative estimate of drug-likeness (QED) is 0.771. The van der Waals surface area contributed by atoms with Crippen LogP contribution in [0, 0.1) is 6.92 Å². The first-order chi connectivity index (χ1) is 6.07. The first-order valence-corrected chi connectivity index (χ1v) is 3.65. The van der Waals surface area contributed by atoms with Crippen molar-refractivity contribution in [3.05, 3.63) is 17.3 Å². The van der Waals surface area contributed by atoms with Crippen LogP contribution in [0.25, 0.3) is 0 Å². The standard InChI is InChI=1S/C8H10F2N2O/c1-4-3-12-8(13-2)6(11)5(4)7(9)10/h3,7H,11H2,1-2H3. The third-order valence-electron chi connectivity index (χ3n) is 1.73. The van der Waals surface area contributed by atoms with Gasteiger partial charge in [0.05, 0.1) is 12.7 Å². The van der Waals surface area contributed by atoms with Gasteiger partial charge >= 0.3 is 0 Å². The van der Waals surface area contributed by atoms with Crippen LogP contribution < -0.4 is 10.5 Å². The molecule has 72 valence electrons. The summed E-state index contributed by atoms with van der Waals surface area (Å²) in [6.07, 6.45) is -1.28. The van der Waals surface area contributed by atoms with E-state index in [0.717, 1.165) is 0 Å². The first-order valence-electron chi connectivity index (χ1n) is 3.65. The zero-order valence-electron chi connectivity index (χ0n) is 7.34. The van der Waals surface area contributed by atoms with Gasteiger partial charge in [0, 0.05) is 6.20 Å². The zero-order valence-corrected chi connectivity index (χ0v) is 7.34. The summed E-state index contributed by atoms with van der Waals surface area (Å²) in [7, 11) is 1.34. The average Bonchev–Trinajstić information content (AvgIpc) is 2.04. The molecule has 1 heterocycles. The van der Waals surface area contributed by atoms with Crippen LogP contribution in [0.2, 0.25) is 0 Å². The van der Waals surface area contributed by atoms with E-state index in [0.29, 0.717) is 5.56 Å². The highest BCUT2D eigenvalue weighted by atomic mass is 19.3. The molecule has 0 atom stereocenters. The summed E-state index contributed by atoms with van der Waals surface area (Å²) in [5, 5.41) is 0. The molecule has 0 bridgehead atoms. The maximum atomic E-state index is 12.4. The van der Waals surface area contributed by atoms with E-state index in [1.165, 1.54) is 20.2 Å². The molecule has 1 aromatic heterocycles. The monoisotopic (exact) mass is 188 g/mol. The van der Waals surface area contributed by atoms with E-state index >= 15 is 0 Å². The highest BCUT2D eigenvalue weighted by molar-refractivity contribution is 5.57. The SMILES string of the molecule is COc1ncc(C)c(C(F)F)c1N. The van der Waals surface area contributed by atoms with Gasteiger partial charge < -0.3 is 10.5 Å². The molecule has 0 unspecified atom stereocenters. The molecule has 0 fully saturated rings. The number of rotatable bonds is 2. The normalized spacial score (nSPS) is 10.5. The summed E-state index contributed by atoms with van der Waals surface area (Å²) in [6, 6.07) is 0. The van der Waals surface area contributed by atoms with Crippen molar-refractivity contribution < 1.29 is 13.5 Å². The van der Waals surface area contributed by atoms with Gasteiger partial charge in [-0.15, -0.1) is 0 Å². The van der Waals surface area contributed by atoms with Crippen molar-refractivity contribution in [2.45, 2.75) is 13.3 Å². The molecule has 0 saturated heterocycles. The highest BCUT2D eigenvalue weighted by Gasteiger charge is 2.18. The van der Waals surface area contributed by atoms with E-state index in [9.17, 15) is 8.78 Å². The number of aryl methyl sites for hydroxylation is 1. The number of hydrogen-bond donors (Lipinski definition) is 1.